The Bertz CT molecular complexity index is 848. The molecule has 8 heteroatoms. The van der Waals surface area contributed by atoms with E-state index in [4.69, 9.17) is 0 Å². The van der Waals surface area contributed by atoms with Crippen molar-refractivity contribution in [2.75, 3.05) is 5.32 Å². The number of pyridine rings is 1. The monoisotopic (exact) mass is 286 g/mol. The van der Waals surface area contributed by atoms with Crippen LogP contribution in [0.2, 0.25) is 0 Å². The van der Waals surface area contributed by atoms with Crippen LogP contribution >= 0.6 is 0 Å². The van der Waals surface area contributed by atoms with E-state index in [0.29, 0.717) is 22.4 Å². The molecule has 0 aliphatic rings. The Kier molecular flexibility index (Phi) is 2.86. The highest BCUT2D eigenvalue weighted by Crippen LogP contribution is 2.30. The summed E-state index contributed by atoms with van der Waals surface area (Å²) in [5.74, 6) is -1.04. The average Bonchev–Trinajstić information content (AvgIpc) is 2.94. The number of fused-ring (bicyclic) bond motifs is 1. The van der Waals surface area contributed by atoms with Gasteiger partial charge in [-0.15, -0.1) is 0 Å². The van der Waals surface area contributed by atoms with Crippen LogP contribution in [0.3, 0.4) is 0 Å². The van der Waals surface area contributed by atoms with Crippen molar-refractivity contribution in [2.24, 2.45) is 14.1 Å². The van der Waals surface area contributed by atoms with E-state index in [-0.39, 0.29) is 5.56 Å². The van der Waals surface area contributed by atoms with Gasteiger partial charge in [-0.05, 0) is 6.92 Å². The topological polar surface area (TPSA) is 97.9 Å². The molecule has 3 aromatic heterocycles. The molecule has 0 radical (unpaired) electrons. The predicted octanol–water partition coefficient (Wildman–Crippen LogP) is 1.45. The number of rotatable bonds is 3. The summed E-state index contributed by atoms with van der Waals surface area (Å²) in [4.78, 5) is 15.6. The first-order valence-electron chi connectivity index (χ1n) is 6.28. The number of hydrogen-bond donors (Lipinski definition) is 2. The third-order valence-corrected chi connectivity index (χ3v) is 3.23. The zero-order valence-electron chi connectivity index (χ0n) is 11.8. The molecular formula is C13H14N6O2. The molecule has 0 aliphatic heterocycles. The van der Waals surface area contributed by atoms with Gasteiger partial charge in [-0.25, -0.2) is 9.78 Å². The van der Waals surface area contributed by atoms with E-state index in [9.17, 15) is 9.90 Å². The Morgan fingerprint density at radius 3 is 2.71 bits per heavy atom. The van der Waals surface area contributed by atoms with Gasteiger partial charge in [0.2, 0.25) is 0 Å². The highest BCUT2D eigenvalue weighted by atomic mass is 16.4. The molecule has 0 aromatic carbocycles. The van der Waals surface area contributed by atoms with Crippen LogP contribution in [0.4, 0.5) is 11.4 Å². The molecule has 3 heterocycles. The van der Waals surface area contributed by atoms with Gasteiger partial charge in [-0.3, -0.25) is 9.36 Å². The van der Waals surface area contributed by atoms with Gasteiger partial charge in [0, 0.05) is 26.5 Å². The molecule has 108 valence electrons. The molecule has 2 N–H and O–H groups in total. The second-order valence-electron chi connectivity index (χ2n) is 4.79. The molecule has 0 aliphatic carbocycles. The van der Waals surface area contributed by atoms with E-state index in [2.05, 4.69) is 20.5 Å². The molecule has 21 heavy (non-hydrogen) atoms. The van der Waals surface area contributed by atoms with Crippen molar-refractivity contribution < 1.29 is 9.90 Å². The van der Waals surface area contributed by atoms with Crippen molar-refractivity contribution in [3.63, 3.8) is 0 Å². The van der Waals surface area contributed by atoms with E-state index in [1.807, 2.05) is 6.92 Å². The Morgan fingerprint density at radius 1 is 1.33 bits per heavy atom. The summed E-state index contributed by atoms with van der Waals surface area (Å²) in [5.41, 5.74) is 2.63. The highest BCUT2D eigenvalue weighted by Gasteiger charge is 2.19. The molecule has 8 nitrogen and oxygen atoms in total. The lowest BCUT2D eigenvalue weighted by Crippen LogP contribution is -2.05. The third kappa shape index (κ3) is 2.10. The zero-order chi connectivity index (χ0) is 15.1. The molecular weight excluding hydrogens is 272 g/mol. The summed E-state index contributed by atoms with van der Waals surface area (Å²) in [7, 11) is 3.57. The lowest BCUT2D eigenvalue weighted by atomic mass is 10.1. The Labute approximate surface area is 120 Å². The number of nitrogens with zero attached hydrogens (tertiary/aromatic N) is 5. The normalized spacial score (nSPS) is 11.0. The van der Waals surface area contributed by atoms with Crippen LogP contribution in [0.5, 0.6) is 0 Å². The molecule has 0 spiro atoms. The van der Waals surface area contributed by atoms with Gasteiger partial charge < -0.3 is 10.4 Å². The second-order valence-corrected chi connectivity index (χ2v) is 4.79. The first-order valence-corrected chi connectivity index (χ1v) is 6.28. The van der Waals surface area contributed by atoms with Crippen LogP contribution in [0.1, 0.15) is 16.1 Å². The van der Waals surface area contributed by atoms with Crippen LogP contribution < -0.4 is 5.32 Å². The maximum atomic E-state index is 11.5. The first-order chi connectivity index (χ1) is 9.97. The molecule has 0 saturated heterocycles. The number of aromatic nitrogens is 5. The van der Waals surface area contributed by atoms with E-state index < -0.39 is 5.97 Å². The predicted molar refractivity (Wildman–Crippen MR) is 76.7 cm³/mol. The molecule has 3 rings (SSSR count). The Hall–Kier alpha value is -2.90. The van der Waals surface area contributed by atoms with E-state index in [0.717, 1.165) is 5.69 Å². The van der Waals surface area contributed by atoms with Gasteiger partial charge in [-0.1, -0.05) is 0 Å². The number of hydrogen-bond acceptors (Lipinski definition) is 5. The number of carbonyl (C=O) groups is 1. The average molecular weight is 286 g/mol. The Balaban J connectivity index is 2.25. The van der Waals surface area contributed by atoms with Gasteiger partial charge in [0.05, 0.1) is 28.7 Å². The fourth-order valence-electron chi connectivity index (χ4n) is 2.33. The quantitative estimate of drug-likeness (QED) is 0.756. The minimum atomic E-state index is -1.04. The molecule has 3 aromatic rings. The van der Waals surface area contributed by atoms with Crippen LogP contribution in [0.15, 0.2) is 18.6 Å². The second kappa shape index (κ2) is 4.58. The van der Waals surface area contributed by atoms with E-state index in [1.54, 1.807) is 35.9 Å². The van der Waals surface area contributed by atoms with Gasteiger partial charge in [0.1, 0.15) is 5.56 Å². The van der Waals surface area contributed by atoms with Crippen molar-refractivity contribution in [3.05, 3.63) is 29.8 Å². The summed E-state index contributed by atoms with van der Waals surface area (Å²) in [6.07, 6.45) is 4.73. The standard InChI is InChI=1S/C13H14N6O2/c1-7-10-11(16-8-4-15-18(2)6-8)9(13(20)21)5-14-12(10)19(3)17-7/h4-6H,1-3H3,(H,14,16)(H,20,21). The van der Waals surface area contributed by atoms with Crippen molar-refractivity contribution in [3.8, 4) is 0 Å². The van der Waals surface area contributed by atoms with Crippen LogP contribution in [-0.2, 0) is 14.1 Å². The van der Waals surface area contributed by atoms with Gasteiger partial charge in [0.15, 0.2) is 5.65 Å². The van der Waals surface area contributed by atoms with Gasteiger partial charge in [0.25, 0.3) is 0 Å². The molecule has 0 fully saturated rings. The number of carboxylic acids is 1. The lowest BCUT2D eigenvalue weighted by molar-refractivity contribution is 0.0697. The fraction of sp³-hybridized carbons (Fsp3) is 0.231. The smallest absolute Gasteiger partial charge is 0.339 e. The number of nitrogens with one attached hydrogen (secondary N) is 1. The summed E-state index contributed by atoms with van der Waals surface area (Å²) in [5, 5.41) is 21.6. The third-order valence-electron chi connectivity index (χ3n) is 3.23. The first kappa shape index (κ1) is 13.1. The lowest BCUT2D eigenvalue weighted by Gasteiger charge is -2.09. The molecule has 0 bridgehead atoms. The Morgan fingerprint density at radius 2 is 2.10 bits per heavy atom. The summed E-state index contributed by atoms with van der Waals surface area (Å²) in [6.45, 7) is 1.82. The van der Waals surface area contributed by atoms with Crippen LogP contribution in [0.25, 0.3) is 11.0 Å². The number of carboxylic acid groups (broad SMARTS) is 1. The molecule has 0 unspecified atom stereocenters. The maximum Gasteiger partial charge on any atom is 0.339 e. The van der Waals surface area contributed by atoms with Gasteiger partial charge in [-0.2, -0.15) is 10.2 Å². The number of aromatic carboxylic acids is 1. The molecule has 0 amide bonds. The fourth-order valence-corrected chi connectivity index (χ4v) is 2.33. The van der Waals surface area contributed by atoms with Crippen molar-refractivity contribution in [1.82, 2.24) is 24.5 Å². The van der Waals surface area contributed by atoms with Crippen LogP contribution in [-0.4, -0.2) is 35.6 Å². The summed E-state index contributed by atoms with van der Waals surface area (Å²) in [6, 6.07) is 0. The molecule has 0 saturated carbocycles. The van der Waals surface area contributed by atoms with Crippen molar-refractivity contribution in [1.29, 1.82) is 0 Å². The highest BCUT2D eigenvalue weighted by molar-refractivity contribution is 6.05. The van der Waals surface area contributed by atoms with E-state index in [1.165, 1.54) is 6.20 Å². The minimum absolute atomic E-state index is 0.0995. The van der Waals surface area contributed by atoms with Crippen molar-refractivity contribution >= 4 is 28.4 Å². The SMILES string of the molecule is Cc1nn(C)c2ncc(C(=O)O)c(Nc3cnn(C)c3)c12. The zero-order valence-corrected chi connectivity index (χ0v) is 11.8. The van der Waals surface area contributed by atoms with Crippen LogP contribution in [0, 0.1) is 6.92 Å². The number of aryl methyl sites for hydroxylation is 3. The largest absolute Gasteiger partial charge is 0.478 e. The summed E-state index contributed by atoms with van der Waals surface area (Å²) >= 11 is 0. The van der Waals surface area contributed by atoms with E-state index >= 15 is 0 Å². The maximum absolute atomic E-state index is 11.5. The number of anilines is 2. The molecule has 0 atom stereocenters. The van der Waals surface area contributed by atoms with Gasteiger partial charge >= 0.3 is 5.97 Å². The van der Waals surface area contributed by atoms with Crippen molar-refractivity contribution in [2.45, 2.75) is 6.92 Å². The minimum Gasteiger partial charge on any atom is -0.478 e. The summed E-state index contributed by atoms with van der Waals surface area (Å²) < 4.78 is 3.27.